The highest BCUT2D eigenvalue weighted by molar-refractivity contribution is 5.75. The normalized spacial score (nSPS) is 28.8. The molecule has 1 rings (SSSR count). The first kappa shape index (κ1) is 13.5. The van der Waals surface area contributed by atoms with Gasteiger partial charge in [-0.3, -0.25) is 9.69 Å². The van der Waals surface area contributed by atoms with E-state index in [1.807, 2.05) is 0 Å². The third-order valence-corrected chi connectivity index (χ3v) is 3.60. The molecule has 1 unspecified atom stereocenters. The summed E-state index contributed by atoms with van der Waals surface area (Å²) in [6.45, 7) is 5.21. The molecule has 16 heavy (non-hydrogen) atoms. The van der Waals surface area contributed by atoms with Gasteiger partial charge in [-0.1, -0.05) is 6.42 Å². The quantitative estimate of drug-likeness (QED) is 0.729. The van der Waals surface area contributed by atoms with Crippen molar-refractivity contribution in [3.8, 4) is 0 Å². The summed E-state index contributed by atoms with van der Waals surface area (Å²) < 4.78 is 4.79. The van der Waals surface area contributed by atoms with Gasteiger partial charge in [-0.05, 0) is 33.7 Å². The number of rotatable bonds is 4. The van der Waals surface area contributed by atoms with Gasteiger partial charge < -0.3 is 10.1 Å². The Kier molecular flexibility index (Phi) is 5.22. The first-order chi connectivity index (χ1) is 7.60. The van der Waals surface area contributed by atoms with E-state index in [4.69, 9.17) is 4.74 Å². The van der Waals surface area contributed by atoms with Crippen LogP contribution in [0.5, 0.6) is 0 Å². The summed E-state index contributed by atoms with van der Waals surface area (Å²) in [5.74, 6) is -0.174. The largest absolute Gasteiger partial charge is 0.468 e. The van der Waals surface area contributed by atoms with Gasteiger partial charge in [0.15, 0.2) is 0 Å². The molecular weight excluding hydrogens is 204 g/mol. The smallest absolute Gasteiger partial charge is 0.324 e. The minimum atomic E-state index is -0.215. The second kappa shape index (κ2) is 6.21. The minimum absolute atomic E-state index is 0.174. The Hall–Kier alpha value is -0.610. The molecule has 1 fully saturated rings. The molecule has 0 aromatic rings. The van der Waals surface area contributed by atoms with Crippen LogP contribution < -0.4 is 5.32 Å². The van der Waals surface area contributed by atoms with Crippen LogP contribution in [0.25, 0.3) is 0 Å². The molecule has 0 amide bonds. The lowest BCUT2D eigenvalue weighted by Gasteiger charge is -2.40. The summed E-state index contributed by atoms with van der Waals surface area (Å²) in [6.07, 6.45) is 3.74. The highest BCUT2D eigenvalue weighted by Gasteiger charge is 2.29. The highest BCUT2D eigenvalue weighted by atomic mass is 16.5. The van der Waals surface area contributed by atoms with E-state index in [1.165, 1.54) is 26.4 Å². The zero-order chi connectivity index (χ0) is 12.1. The van der Waals surface area contributed by atoms with Crippen molar-refractivity contribution in [3.63, 3.8) is 0 Å². The summed E-state index contributed by atoms with van der Waals surface area (Å²) in [6, 6.07) is 0.904. The SMILES string of the molecule is CNC(CN1[C@H](C)CCC[C@@H]1C)C(=O)OC. The van der Waals surface area contributed by atoms with Gasteiger partial charge in [0.25, 0.3) is 0 Å². The van der Waals surface area contributed by atoms with Crippen molar-refractivity contribution < 1.29 is 9.53 Å². The Morgan fingerprint density at radius 1 is 1.44 bits per heavy atom. The van der Waals surface area contributed by atoms with Crippen LogP contribution in [0.4, 0.5) is 0 Å². The van der Waals surface area contributed by atoms with Crippen LogP contribution in [0.2, 0.25) is 0 Å². The van der Waals surface area contributed by atoms with Crippen molar-refractivity contribution in [2.45, 2.75) is 51.2 Å². The molecule has 4 heteroatoms. The van der Waals surface area contributed by atoms with E-state index in [0.29, 0.717) is 12.1 Å². The lowest BCUT2D eigenvalue weighted by Crippen LogP contribution is -2.52. The summed E-state index contributed by atoms with van der Waals surface area (Å²) >= 11 is 0. The maximum atomic E-state index is 11.5. The number of carbonyl (C=O) groups excluding carboxylic acids is 1. The number of methoxy groups -OCH3 is 1. The van der Waals surface area contributed by atoms with Gasteiger partial charge in [0.1, 0.15) is 6.04 Å². The van der Waals surface area contributed by atoms with Gasteiger partial charge in [0.05, 0.1) is 7.11 Å². The first-order valence-electron chi connectivity index (χ1n) is 6.11. The number of piperidine rings is 1. The molecule has 0 radical (unpaired) electrons. The van der Waals surface area contributed by atoms with E-state index in [1.54, 1.807) is 7.05 Å². The molecule has 0 aromatic heterocycles. The lowest BCUT2D eigenvalue weighted by atomic mass is 9.97. The second-order valence-corrected chi connectivity index (χ2v) is 4.69. The monoisotopic (exact) mass is 228 g/mol. The average Bonchev–Trinajstić information content (AvgIpc) is 2.28. The molecule has 0 aliphatic carbocycles. The number of hydrogen-bond acceptors (Lipinski definition) is 4. The highest BCUT2D eigenvalue weighted by Crippen LogP contribution is 2.22. The van der Waals surface area contributed by atoms with Gasteiger partial charge in [-0.25, -0.2) is 0 Å². The number of nitrogens with zero attached hydrogens (tertiary/aromatic N) is 1. The lowest BCUT2D eigenvalue weighted by molar-refractivity contribution is -0.144. The summed E-state index contributed by atoms with van der Waals surface area (Å²) in [5.41, 5.74) is 0. The van der Waals surface area contributed by atoms with Crippen molar-refractivity contribution in [2.24, 2.45) is 0 Å². The molecule has 1 N–H and O–H groups in total. The zero-order valence-electron chi connectivity index (χ0n) is 10.8. The van der Waals surface area contributed by atoms with E-state index in [-0.39, 0.29) is 12.0 Å². The predicted octanol–water partition coefficient (Wildman–Crippen LogP) is 1.01. The molecule has 0 bridgehead atoms. The Morgan fingerprint density at radius 3 is 2.44 bits per heavy atom. The molecule has 1 saturated heterocycles. The molecule has 94 valence electrons. The topological polar surface area (TPSA) is 41.6 Å². The Morgan fingerprint density at radius 2 is 2.00 bits per heavy atom. The maximum Gasteiger partial charge on any atom is 0.324 e. The number of nitrogens with one attached hydrogen (secondary N) is 1. The van der Waals surface area contributed by atoms with Crippen molar-refractivity contribution >= 4 is 5.97 Å². The number of likely N-dealkylation sites (tertiary alicyclic amines) is 1. The Bertz CT molecular complexity index is 223. The molecule has 0 aromatic carbocycles. The average molecular weight is 228 g/mol. The third kappa shape index (κ3) is 3.19. The van der Waals surface area contributed by atoms with Crippen LogP contribution in [0, 0.1) is 0 Å². The van der Waals surface area contributed by atoms with Crippen molar-refractivity contribution in [3.05, 3.63) is 0 Å². The van der Waals surface area contributed by atoms with Gasteiger partial charge in [-0.15, -0.1) is 0 Å². The van der Waals surface area contributed by atoms with Gasteiger partial charge >= 0.3 is 5.97 Å². The summed E-state index contributed by atoms with van der Waals surface area (Å²) in [4.78, 5) is 13.9. The molecule has 3 atom stereocenters. The molecule has 0 spiro atoms. The van der Waals surface area contributed by atoms with Gasteiger partial charge in [-0.2, -0.15) is 0 Å². The molecular formula is C12H24N2O2. The standard InChI is InChI=1S/C12H24N2O2/c1-9-6-5-7-10(2)14(9)8-11(13-3)12(15)16-4/h9-11,13H,5-8H2,1-4H3/t9-,10+,11?. The second-order valence-electron chi connectivity index (χ2n) is 4.69. The van der Waals surface area contributed by atoms with Crippen LogP contribution in [0.1, 0.15) is 33.1 Å². The van der Waals surface area contributed by atoms with Crippen LogP contribution in [0.3, 0.4) is 0 Å². The number of esters is 1. The number of likely N-dealkylation sites (N-methyl/N-ethyl adjacent to an activating group) is 1. The number of hydrogen-bond donors (Lipinski definition) is 1. The first-order valence-corrected chi connectivity index (χ1v) is 6.11. The molecule has 4 nitrogen and oxygen atoms in total. The maximum absolute atomic E-state index is 11.5. The Balaban J connectivity index is 2.58. The van der Waals surface area contributed by atoms with Crippen molar-refractivity contribution in [1.82, 2.24) is 10.2 Å². The number of ether oxygens (including phenoxy) is 1. The minimum Gasteiger partial charge on any atom is -0.468 e. The van der Waals surface area contributed by atoms with Crippen LogP contribution in [0.15, 0.2) is 0 Å². The van der Waals surface area contributed by atoms with Gasteiger partial charge in [0.2, 0.25) is 0 Å². The van der Waals surface area contributed by atoms with E-state index in [9.17, 15) is 4.79 Å². The fourth-order valence-corrected chi connectivity index (χ4v) is 2.47. The van der Waals surface area contributed by atoms with E-state index >= 15 is 0 Å². The van der Waals surface area contributed by atoms with E-state index in [2.05, 4.69) is 24.1 Å². The molecule has 0 saturated carbocycles. The third-order valence-electron chi connectivity index (χ3n) is 3.60. The molecule has 1 aliphatic heterocycles. The predicted molar refractivity (Wildman–Crippen MR) is 64.3 cm³/mol. The summed E-state index contributed by atoms with van der Waals surface area (Å²) in [5, 5.41) is 3.02. The van der Waals surface area contributed by atoms with Crippen molar-refractivity contribution in [1.29, 1.82) is 0 Å². The fraction of sp³-hybridized carbons (Fsp3) is 0.917. The number of carbonyl (C=O) groups is 1. The van der Waals surface area contributed by atoms with Crippen molar-refractivity contribution in [2.75, 3.05) is 20.7 Å². The molecule has 1 aliphatic rings. The Labute approximate surface area is 98.3 Å². The van der Waals surface area contributed by atoms with E-state index < -0.39 is 0 Å². The zero-order valence-corrected chi connectivity index (χ0v) is 10.8. The van der Waals surface area contributed by atoms with Gasteiger partial charge in [0, 0.05) is 18.6 Å². The van der Waals surface area contributed by atoms with Crippen LogP contribution in [-0.2, 0) is 9.53 Å². The fourth-order valence-electron chi connectivity index (χ4n) is 2.47. The van der Waals surface area contributed by atoms with E-state index in [0.717, 1.165) is 6.54 Å². The van der Waals surface area contributed by atoms with Crippen LogP contribution >= 0.6 is 0 Å². The van der Waals surface area contributed by atoms with Crippen LogP contribution in [-0.4, -0.2) is 49.7 Å². The summed E-state index contributed by atoms with van der Waals surface area (Å²) in [7, 11) is 3.25. The molecule has 1 heterocycles.